The summed E-state index contributed by atoms with van der Waals surface area (Å²) in [5.74, 6) is -0.290. The van der Waals surface area contributed by atoms with Crippen LogP contribution in [0, 0.1) is 11.3 Å². The summed E-state index contributed by atoms with van der Waals surface area (Å²) in [6.07, 6.45) is 0. The van der Waals surface area contributed by atoms with Crippen molar-refractivity contribution in [3.05, 3.63) is 107 Å². The number of carbonyl (C=O) groups excluding carboxylic acids is 1. The highest BCUT2D eigenvalue weighted by Crippen LogP contribution is 2.30. The molecule has 1 aromatic heterocycles. The average molecular weight is 384 g/mol. The summed E-state index contributed by atoms with van der Waals surface area (Å²) in [6.45, 7) is 0. The minimum absolute atomic E-state index is 0.127. The van der Waals surface area contributed by atoms with Crippen molar-refractivity contribution in [2.45, 2.75) is 0 Å². The van der Waals surface area contributed by atoms with Crippen molar-refractivity contribution in [1.29, 1.82) is 5.26 Å². The van der Waals surface area contributed by atoms with E-state index in [0.717, 1.165) is 5.56 Å². The number of nitrogens with zero attached hydrogens (tertiary/aromatic N) is 3. The Bertz CT molecular complexity index is 1170. The zero-order valence-electron chi connectivity index (χ0n) is 14.7. The van der Waals surface area contributed by atoms with Crippen LogP contribution in [0.4, 0.5) is 0 Å². The SMILES string of the molecule is N#Cc1c(C(=O)c2ccccc2)nn(-c2ccc(Cl)cc2)c1-c1ccccc1. The van der Waals surface area contributed by atoms with Crippen LogP contribution in [0.3, 0.4) is 0 Å². The summed E-state index contributed by atoms with van der Waals surface area (Å²) in [4.78, 5) is 13.1. The van der Waals surface area contributed by atoms with E-state index in [1.807, 2.05) is 36.4 Å². The van der Waals surface area contributed by atoms with Crippen LogP contribution < -0.4 is 0 Å². The molecular formula is C23H14ClN3O. The van der Waals surface area contributed by atoms with E-state index in [4.69, 9.17) is 11.6 Å². The summed E-state index contributed by atoms with van der Waals surface area (Å²) in [5.41, 5.74) is 2.95. The molecule has 0 fully saturated rings. The Labute approximate surface area is 167 Å². The minimum Gasteiger partial charge on any atom is -0.287 e. The summed E-state index contributed by atoms with van der Waals surface area (Å²) >= 11 is 6.01. The van der Waals surface area contributed by atoms with Gasteiger partial charge in [0.1, 0.15) is 11.6 Å². The molecule has 0 aliphatic heterocycles. The van der Waals surface area contributed by atoms with Crippen LogP contribution in [0.5, 0.6) is 0 Å². The monoisotopic (exact) mass is 383 g/mol. The Hall–Kier alpha value is -3.68. The third-order valence-electron chi connectivity index (χ3n) is 4.37. The van der Waals surface area contributed by atoms with Crippen LogP contribution in [0.15, 0.2) is 84.9 Å². The van der Waals surface area contributed by atoms with E-state index in [2.05, 4.69) is 11.2 Å². The number of halogens is 1. The fourth-order valence-electron chi connectivity index (χ4n) is 3.04. The predicted molar refractivity (Wildman–Crippen MR) is 109 cm³/mol. The van der Waals surface area contributed by atoms with Crippen molar-refractivity contribution >= 4 is 17.4 Å². The second kappa shape index (κ2) is 7.51. The molecule has 0 saturated carbocycles. The van der Waals surface area contributed by atoms with Gasteiger partial charge in [-0.25, -0.2) is 4.68 Å². The largest absolute Gasteiger partial charge is 0.287 e. The van der Waals surface area contributed by atoms with Gasteiger partial charge in [0.15, 0.2) is 5.69 Å². The zero-order valence-corrected chi connectivity index (χ0v) is 15.5. The lowest BCUT2D eigenvalue weighted by atomic mass is 10.0. The Morgan fingerprint density at radius 2 is 1.50 bits per heavy atom. The summed E-state index contributed by atoms with van der Waals surface area (Å²) in [6, 6.07) is 27.6. The number of rotatable bonds is 4. The van der Waals surface area contributed by atoms with Gasteiger partial charge >= 0.3 is 0 Å². The molecule has 134 valence electrons. The Morgan fingerprint density at radius 3 is 2.11 bits per heavy atom. The average Bonchev–Trinajstić information content (AvgIpc) is 3.14. The van der Waals surface area contributed by atoms with Crippen molar-refractivity contribution < 1.29 is 4.79 Å². The van der Waals surface area contributed by atoms with E-state index in [9.17, 15) is 10.1 Å². The molecule has 4 nitrogen and oxygen atoms in total. The van der Waals surface area contributed by atoms with Gasteiger partial charge in [0.05, 0.1) is 11.4 Å². The smallest absolute Gasteiger partial charge is 0.214 e. The molecule has 28 heavy (non-hydrogen) atoms. The van der Waals surface area contributed by atoms with Crippen molar-refractivity contribution in [1.82, 2.24) is 9.78 Å². The quantitative estimate of drug-likeness (QED) is 0.449. The molecule has 3 aromatic carbocycles. The first-order valence-electron chi connectivity index (χ1n) is 8.63. The third-order valence-corrected chi connectivity index (χ3v) is 4.62. The first kappa shape index (κ1) is 17.7. The molecule has 1 heterocycles. The maximum Gasteiger partial charge on any atom is 0.214 e. The van der Waals surface area contributed by atoms with E-state index in [0.29, 0.717) is 22.0 Å². The predicted octanol–water partition coefficient (Wildman–Crippen LogP) is 5.30. The number of carbonyl (C=O) groups is 1. The number of ketones is 1. The third kappa shape index (κ3) is 3.20. The molecular weight excluding hydrogens is 370 g/mol. The van der Waals surface area contributed by atoms with E-state index >= 15 is 0 Å². The molecule has 0 N–H and O–H groups in total. The normalized spacial score (nSPS) is 10.4. The fraction of sp³-hybridized carbons (Fsp3) is 0. The standard InChI is InChI=1S/C23H14ClN3O/c24-18-11-13-19(14-12-18)27-22(16-7-3-1-4-8-16)20(15-25)21(26-27)23(28)17-9-5-2-6-10-17/h1-14H. The topological polar surface area (TPSA) is 58.7 Å². The summed E-state index contributed by atoms with van der Waals surface area (Å²) in [5, 5.41) is 15.0. The van der Waals surface area contributed by atoms with Gasteiger partial charge in [0.2, 0.25) is 5.78 Å². The molecule has 4 aromatic rings. The van der Waals surface area contributed by atoms with E-state index in [1.54, 1.807) is 53.2 Å². The molecule has 0 bridgehead atoms. The van der Waals surface area contributed by atoms with Gasteiger partial charge < -0.3 is 0 Å². The molecule has 0 unspecified atom stereocenters. The van der Waals surface area contributed by atoms with Crippen LogP contribution in [0.1, 0.15) is 21.6 Å². The van der Waals surface area contributed by atoms with Crippen LogP contribution in [0.2, 0.25) is 5.02 Å². The second-order valence-corrected chi connectivity index (χ2v) is 6.57. The molecule has 0 radical (unpaired) electrons. The maximum absolute atomic E-state index is 13.1. The van der Waals surface area contributed by atoms with Crippen molar-refractivity contribution in [3.8, 4) is 23.0 Å². The summed E-state index contributed by atoms with van der Waals surface area (Å²) in [7, 11) is 0. The van der Waals surface area contributed by atoms with Crippen molar-refractivity contribution in [3.63, 3.8) is 0 Å². The second-order valence-electron chi connectivity index (χ2n) is 6.13. The molecule has 0 amide bonds. The van der Waals surface area contributed by atoms with Gasteiger partial charge in [-0.3, -0.25) is 4.79 Å². The van der Waals surface area contributed by atoms with E-state index in [1.165, 1.54) is 0 Å². The number of aromatic nitrogens is 2. The van der Waals surface area contributed by atoms with E-state index in [-0.39, 0.29) is 17.0 Å². The van der Waals surface area contributed by atoms with Crippen LogP contribution in [-0.2, 0) is 0 Å². The first-order chi connectivity index (χ1) is 13.7. The molecule has 5 heteroatoms. The molecule has 4 rings (SSSR count). The first-order valence-corrected chi connectivity index (χ1v) is 9.01. The Balaban J connectivity index is 1.98. The highest BCUT2D eigenvalue weighted by Gasteiger charge is 2.25. The number of benzene rings is 3. The molecule has 0 aliphatic carbocycles. The lowest BCUT2D eigenvalue weighted by Gasteiger charge is -2.08. The molecule has 0 spiro atoms. The van der Waals surface area contributed by atoms with Crippen molar-refractivity contribution in [2.24, 2.45) is 0 Å². The van der Waals surface area contributed by atoms with Gasteiger partial charge in [-0.2, -0.15) is 10.4 Å². The zero-order chi connectivity index (χ0) is 19.5. The number of nitriles is 1. The van der Waals surface area contributed by atoms with Crippen LogP contribution in [-0.4, -0.2) is 15.6 Å². The number of hydrogen-bond donors (Lipinski definition) is 0. The van der Waals surface area contributed by atoms with Gasteiger partial charge in [0.25, 0.3) is 0 Å². The van der Waals surface area contributed by atoms with Crippen molar-refractivity contribution in [2.75, 3.05) is 0 Å². The maximum atomic E-state index is 13.1. The van der Waals surface area contributed by atoms with Gasteiger partial charge in [-0.15, -0.1) is 0 Å². The van der Waals surface area contributed by atoms with Gasteiger partial charge in [-0.05, 0) is 24.3 Å². The number of hydrogen-bond acceptors (Lipinski definition) is 3. The fourth-order valence-corrected chi connectivity index (χ4v) is 3.17. The highest BCUT2D eigenvalue weighted by atomic mass is 35.5. The van der Waals surface area contributed by atoms with Gasteiger partial charge in [0, 0.05) is 16.1 Å². The lowest BCUT2D eigenvalue weighted by Crippen LogP contribution is -2.05. The van der Waals surface area contributed by atoms with E-state index < -0.39 is 0 Å². The Morgan fingerprint density at radius 1 is 0.893 bits per heavy atom. The lowest BCUT2D eigenvalue weighted by molar-refractivity contribution is 0.103. The minimum atomic E-state index is -0.290. The van der Waals surface area contributed by atoms with Gasteiger partial charge in [-0.1, -0.05) is 72.3 Å². The molecule has 0 atom stereocenters. The summed E-state index contributed by atoms with van der Waals surface area (Å²) < 4.78 is 1.63. The van der Waals surface area contributed by atoms with Crippen LogP contribution in [0.25, 0.3) is 16.9 Å². The highest BCUT2D eigenvalue weighted by molar-refractivity contribution is 6.30. The molecule has 0 aliphatic rings. The molecule has 0 saturated heterocycles. The Kier molecular flexibility index (Phi) is 4.76. The van der Waals surface area contributed by atoms with Crippen LogP contribution >= 0.6 is 11.6 Å².